The summed E-state index contributed by atoms with van der Waals surface area (Å²) < 4.78 is 0. The Morgan fingerprint density at radius 2 is 2.22 bits per heavy atom. The van der Waals surface area contributed by atoms with Gasteiger partial charge in [0, 0.05) is 18.5 Å². The van der Waals surface area contributed by atoms with Crippen LogP contribution in [0.2, 0.25) is 0 Å². The molecule has 2 nitrogen and oxygen atoms in total. The molecule has 9 heavy (non-hydrogen) atoms. The fourth-order valence-electron chi connectivity index (χ4n) is 2.08. The number of hydrogen-bond donors (Lipinski definition) is 1. The maximum atomic E-state index is 9.31. The van der Waals surface area contributed by atoms with Gasteiger partial charge < -0.3 is 10.0 Å². The summed E-state index contributed by atoms with van der Waals surface area (Å²) in [6.07, 6.45) is 2.31. The Bertz CT molecular complexity index is 129. The highest BCUT2D eigenvalue weighted by molar-refractivity contribution is 5.05. The predicted octanol–water partition coefficient (Wildman–Crippen LogP) is 0.0729. The number of hydrogen-bond acceptors (Lipinski definition) is 2. The van der Waals surface area contributed by atoms with Gasteiger partial charge in [-0.25, -0.2) is 0 Å². The molecule has 0 aromatic heterocycles. The van der Waals surface area contributed by atoms with Gasteiger partial charge in [0.25, 0.3) is 0 Å². The molecule has 0 amide bonds. The zero-order chi connectivity index (χ0) is 6.48. The largest absolute Gasteiger partial charge is 0.392 e. The van der Waals surface area contributed by atoms with Crippen LogP contribution in [0.3, 0.4) is 0 Å². The van der Waals surface area contributed by atoms with Gasteiger partial charge in [0.15, 0.2) is 0 Å². The van der Waals surface area contributed by atoms with Crippen molar-refractivity contribution in [2.45, 2.75) is 18.9 Å². The third-order valence-electron chi connectivity index (χ3n) is 2.79. The number of aliphatic hydroxyl groups is 1. The van der Waals surface area contributed by atoms with Crippen LogP contribution in [0.5, 0.6) is 0 Å². The van der Waals surface area contributed by atoms with E-state index in [1.807, 2.05) is 0 Å². The third-order valence-corrected chi connectivity index (χ3v) is 2.79. The fourth-order valence-corrected chi connectivity index (χ4v) is 2.08. The van der Waals surface area contributed by atoms with Crippen LogP contribution in [0.1, 0.15) is 12.8 Å². The Labute approximate surface area is 55.5 Å². The second-order valence-corrected chi connectivity index (χ2v) is 3.59. The van der Waals surface area contributed by atoms with E-state index >= 15 is 0 Å². The lowest BCUT2D eigenvalue weighted by Gasteiger charge is -2.57. The maximum Gasteiger partial charge on any atom is 0.0621 e. The van der Waals surface area contributed by atoms with E-state index < -0.39 is 0 Å². The molecule has 1 atom stereocenters. The van der Waals surface area contributed by atoms with Crippen molar-refractivity contribution in [2.24, 2.45) is 5.41 Å². The fraction of sp³-hybridized carbons (Fsp3) is 1.00. The summed E-state index contributed by atoms with van der Waals surface area (Å²) in [7, 11) is 2.11. The minimum Gasteiger partial charge on any atom is -0.392 e. The summed E-state index contributed by atoms with van der Waals surface area (Å²) in [4.78, 5) is 2.27. The molecule has 2 fully saturated rings. The molecule has 1 N–H and O–H groups in total. The van der Waals surface area contributed by atoms with Gasteiger partial charge in [-0.15, -0.1) is 0 Å². The van der Waals surface area contributed by atoms with E-state index in [-0.39, 0.29) is 6.10 Å². The van der Waals surface area contributed by atoms with Crippen LogP contribution in [-0.4, -0.2) is 36.2 Å². The first-order valence-electron chi connectivity index (χ1n) is 3.60. The Hall–Kier alpha value is -0.0800. The zero-order valence-corrected chi connectivity index (χ0v) is 5.80. The Morgan fingerprint density at radius 3 is 2.33 bits per heavy atom. The SMILES string of the molecule is CN1CC2(CCC2O)C1. The quantitative estimate of drug-likeness (QED) is 0.498. The molecular weight excluding hydrogens is 114 g/mol. The van der Waals surface area contributed by atoms with E-state index in [2.05, 4.69) is 11.9 Å². The summed E-state index contributed by atoms with van der Waals surface area (Å²) in [5.74, 6) is 0. The van der Waals surface area contributed by atoms with E-state index in [0.717, 1.165) is 19.5 Å². The molecule has 52 valence electrons. The molecule has 1 aliphatic heterocycles. The van der Waals surface area contributed by atoms with Gasteiger partial charge >= 0.3 is 0 Å². The molecule has 0 aromatic carbocycles. The minimum absolute atomic E-state index is 0.0219. The van der Waals surface area contributed by atoms with Gasteiger partial charge in [0.05, 0.1) is 6.10 Å². The third kappa shape index (κ3) is 0.578. The first kappa shape index (κ1) is 5.69. The Kier molecular flexibility index (Phi) is 0.945. The summed E-state index contributed by atoms with van der Waals surface area (Å²) >= 11 is 0. The smallest absolute Gasteiger partial charge is 0.0621 e. The normalized spacial score (nSPS) is 40.0. The van der Waals surface area contributed by atoms with Crippen LogP contribution < -0.4 is 0 Å². The van der Waals surface area contributed by atoms with E-state index in [1.165, 1.54) is 6.42 Å². The van der Waals surface area contributed by atoms with Crippen LogP contribution in [0.15, 0.2) is 0 Å². The van der Waals surface area contributed by atoms with Crippen molar-refractivity contribution in [3.8, 4) is 0 Å². The summed E-state index contributed by atoms with van der Waals surface area (Å²) in [6.45, 7) is 2.24. The van der Waals surface area contributed by atoms with Gasteiger partial charge in [0.1, 0.15) is 0 Å². The molecule has 2 aliphatic rings. The molecular formula is C7H13NO. The predicted molar refractivity (Wildman–Crippen MR) is 35.2 cm³/mol. The number of aliphatic hydroxyl groups excluding tert-OH is 1. The van der Waals surface area contributed by atoms with Crippen LogP contribution in [0.25, 0.3) is 0 Å². The number of likely N-dealkylation sites (tertiary alicyclic amines) is 1. The first-order valence-corrected chi connectivity index (χ1v) is 3.60. The minimum atomic E-state index is 0.0219. The lowest BCUT2D eigenvalue weighted by Crippen LogP contribution is -2.65. The molecule has 1 unspecified atom stereocenters. The number of nitrogens with zero attached hydrogens (tertiary/aromatic N) is 1. The standard InChI is InChI=1S/C7H13NO/c1-8-4-7(5-8)3-2-6(7)9/h6,9H,2-5H2,1H3. The lowest BCUT2D eigenvalue weighted by atomic mass is 9.61. The second kappa shape index (κ2) is 1.50. The Balaban J connectivity index is 1.97. The molecule has 2 rings (SSSR count). The van der Waals surface area contributed by atoms with Crippen LogP contribution >= 0.6 is 0 Å². The van der Waals surface area contributed by atoms with Crippen molar-refractivity contribution >= 4 is 0 Å². The molecule has 1 aliphatic carbocycles. The van der Waals surface area contributed by atoms with Gasteiger partial charge in [-0.05, 0) is 19.9 Å². The molecule has 1 heterocycles. The van der Waals surface area contributed by atoms with Crippen molar-refractivity contribution in [3.05, 3.63) is 0 Å². The molecule has 0 radical (unpaired) electrons. The molecule has 1 saturated heterocycles. The molecule has 0 bridgehead atoms. The van der Waals surface area contributed by atoms with E-state index in [9.17, 15) is 5.11 Å². The second-order valence-electron chi connectivity index (χ2n) is 3.59. The average molecular weight is 127 g/mol. The van der Waals surface area contributed by atoms with Crippen LogP contribution in [0.4, 0.5) is 0 Å². The van der Waals surface area contributed by atoms with Crippen molar-refractivity contribution in [1.29, 1.82) is 0 Å². The molecule has 2 heteroatoms. The Morgan fingerprint density at radius 1 is 1.56 bits per heavy atom. The molecule has 1 spiro atoms. The monoisotopic (exact) mass is 127 g/mol. The lowest BCUT2D eigenvalue weighted by molar-refractivity contribution is -0.149. The van der Waals surface area contributed by atoms with Gasteiger partial charge in [-0.3, -0.25) is 0 Å². The summed E-state index contributed by atoms with van der Waals surface area (Å²) in [5.41, 5.74) is 0.356. The van der Waals surface area contributed by atoms with Crippen molar-refractivity contribution in [2.75, 3.05) is 20.1 Å². The van der Waals surface area contributed by atoms with Gasteiger partial charge in [-0.1, -0.05) is 0 Å². The topological polar surface area (TPSA) is 23.5 Å². The summed E-state index contributed by atoms with van der Waals surface area (Å²) in [6, 6.07) is 0. The first-order chi connectivity index (χ1) is 4.23. The highest BCUT2D eigenvalue weighted by Crippen LogP contribution is 2.47. The van der Waals surface area contributed by atoms with Crippen molar-refractivity contribution < 1.29 is 5.11 Å². The maximum absolute atomic E-state index is 9.31. The van der Waals surface area contributed by atoms with Crippen LogP contribution in [0, 0.1) is 5.41 Å². The van der Waals surface area contributed by atoms with Crippen LogP contribution in [-0.2, 0) is 0 Å². The van der Waals surface area contributed by atoms with E-state index in [1.54, 1.807) is 0 Å². The highest BCUT2D eigenvalue weighted by Gasteiger charge is 2.52. The van der Waals surface area contributed by atoms with Gasteiger partial charge in [-0.2, -0.15) is 0 Å². The molecule has 1 saturated carbocycles. The highest BCUT2D eigenvalue weighted by atomic mass is 16.3. The zero-order valence-electron chi connectivity index (χ0n) is 5.80. The summed E-state index contributed by atoms with van der Waals surface area (Å²) in [5, 5.41) is 9.31. The van der Waals surface area contributed by atoms with Crippen molar-refractivity contribution in [3.63, 3.8) is 0 Å². The van der Waals surface area contributed by atoms with Crippen molar-refractivity contribution in [1.82, 2.24) is 4.90 Å². The van der Waals surface area contributed by atoms with E-state index in [4.69, 9.17) is 0 Å². The van der Waals surface area contributed by atoms with E-state index in [0.29, 0.717) is 5.41 Å². The number of rotatable bonds is 0. The van der Waals surface area contributed by atoms with Gasteiger partial charge in [0.2, 0.25) is 0 Å². The molecule has 0 aromatic rings. The average Bonchev–Trinajstić information content (AvgIpc) is 1.77.